The Bertz CT molecular complexity index is 1050. The molecule has 0 unspecified atom stereocenters. The Morgan fingerprint density at radius 2 is 1.06 bits per heavy atom. The average Bonchev–Trinajstić information content (AvgIpc) is 3.53. The molecule has 3 aromatic rings. The van der Waals surface area contributed by atoms with Gasteiger partial charge in [-0.15, -0.1) is 0 Å². The van der Waals surface area contributed by atoms with E-state index in [1.165, 1.54) is 25.7 Å². The summed E-state index contributed by atoms with van der Waals surface area (Å²) < 4.78 is 0. The molecule has 0 saturated carbocycles. The van der Waals surface area contributed by atoms with Crippen LogP contribution in [0.15, 0.2) is 48.5 Å². The predicted molar refractivity (Wildman–Crippen MR) is 131 cm³/mol. The van der Waals surface area contributed by atoms with Crippen LogP contribution in [0.1, 0.15) is 59.2 Å². The number of ketones is 2. The van der Waals surface area contributed by atoms with Gasteiger partial charge >= 0.3 is 0 Å². The largest absolute Gasteiger partial charge is 0.303 e. The molecule has 0 amide bonds. The van der Waals surface area contributed by atoms with Crippen molar-refractivity contribution in [2.75, 3.05) is 39.3 Å². The minimum absolute atomic E-state index is 0.194. The molecule has 5 rings (SSSR count). The van der Waals surface area contributed by atoms with Gasteiger partial charge in [-0.05, 0) is 85.5 Å². The third-order valence-corrected chi connectivity index (χ3v) is 7.19. The molecule has 2 aliphatic rings. The zero-order valence-corrected chi connectivity index (χ0v) is 18.8. The van der Waals surface area contributed by atoms with Crippen molar-refractivity contribution < 1.29 is 9.59 Å². The Morgan fingerprint density at radius 1 is 0.625 bits per heavy atom. The summed E-state index contributed by atoms with van der Waals surface area (Å²) in [6.45, 7) is 6.10. The summed E-state index contributed by atoms with van der Waals surface area (Å²) in [5.41, 5.74) is 1.56. The quantitative estimate of drug-likeness (QED) is 0.359. The Kier molecular flexibility index (Phi) is 6.33. The zero-order chi connectivity index (χ0) is 21.9. The van der Waals surface area contributed by atoms with E-state index in [0.29, 0.717) is 12.8 Å². The lowest BCUT2D eigenvalue weighted by molar-refractivity contribution is 0.0963. The summed E-state index contributed by atoms with van der Waals surface area (Å²) in [6.07, 6.45) is 6.05. The molecule has 0 atom stereocenters. The minimum atomic E-state index is 0.194. The third-order valence-electron chi connectivity index (χ3n) is 7.19. The molecule has 0 bridgehead atoms. The molecule has 0 N–H and O–H groups in total. The molecule has 0 radical (unpaired) electrons. The Balaban J connectivity index is 1.44. The van der Waals surface area contributed by atoms with Gasteiger partial charge in [-0.25, -0.2) is 0 Å². The van der Waals surface area contributed by atoms with E-state index in [-0.39, 0.29) is 11.6 Å². The number of carbonyl (C=O) groups is 2. The molecule has 4 nitrogen and oxygen atoms in total. The van der Waals surface area contributed by atoms with E-state index >= 15 is 0 Å². The average molecular weight is 429 g/mol. The van der Waals surface area contributed by atoms with Crippen LogP contribution in [-0.2, 0) is 0 Å². The molecule has 2 fully saturated rings. The van der Waals surface area contributed by atoms with E-state index in [4.69, 9.17) is 0 Å². The molecule has 32 heavy (non-hydrogen) atoms. The monoisotopic (exact) mass is 428 g/mol. The Hall–Kier alpha value is -2.56. The maximum Gasteiger partial charge on any atom is 0.164 e. The van der Waals surface area contributed by atoms with Crippen LogP contribution in [-0.4, -0.2) is 60.6 Å². The van der Waals surface area contributed by atoms with Crippen molar-refractivity contribution in [3.05, 3.63) is 59.7 Å². The van der Waals surface area contributed by atoms with Gasteiger partial charge in [0.2, 0.25) is 0 Å². The lowest BCUT2D eigenvalue weighted by Gasteiger charge is -2.15. The van der Waals surface area contributed by atoms with Crippen LogP contribution in [0, 0.1) is 0 Å². The van der Waals surface area contributed by atoms with Gasteiger partial charge in [-0.3, -0.25) is 9.59 Å². The zero-order valence-electron chi connectivity index (χ0n) is 18.8. The van der Waals surface area contributed by atoms with E-state index in [0.717, 1.165) is 71.9 Å². The van der Waals surface area contributed by atoms with Crippen molar-refractivity contribution in [3.8, 4) is 0 Å². The number of hydrogen-bond acceptors (Lipinski definition) is 4. The second kappa shape index (κ2) is 9.51. The first-order chi connectivity index (χ1) is 15.7. The molecular formula is C28H32N2O2. The van der Waals surface area contributed by atoms with Gasteiger partial charge in [-0.1, -0.05) is 36.4 Å². The molecule has 2 heterocycles. The molecule has 166 valence electrons. The van der Waals surface area contributed by atoms with Crippen LogP contribution in [0.5, 0.6) is 0 Å². The maximum atomic E-state index is 13.1. The molecule has 3 aromatic carbocycles. The second-order valence-electron chi connectivity index (χ2n) is 9.35. The molecule has 4 heteroatoms. The Morgan fingerprint density at radius 3 is 1.50 bits per heavy atom. The van der Waals surface area contributed by atoms with E-state index in [9.17, 15) is 9.59 Å². The lowest BCUT2D eigenvalue weighted by Crippen LogP contribution is -2.22. The number of carbonyl (C=O) groups excluding carboxylic acids is 2. The predicted octanol–water partition coefficient (Wildman–Crippen LogP) is 5.33. The summed E-state index contributed by atoms with van der Waals surface area (Å²) in [5, 5.41) is 4.05. The van der Waals surface area contributed by atoms with Gasteiger partial charge in [0.15, 0.2) is 11.6 Å². The summed E-state index contributed by atoms with van der Waals surface area (Å²) in [7, 11) is 0. The van der Waals surface area contributed by atoms with Gasteiger partial charge in [0, 0.05) is 37.1 Å². The highest BCUT2D eigenvalue weighted by Gasteiger charge is 2.18. The number of benzene rings is 3. The highest BCUT2D eigenvalue weighted by atomic mass is 16.1. The lowest BCUT2D eigenvalue weighted by atomic mass is 9.93. The van der Waals surface area contributed by atoms with Crippen LogP contribution in [0.4, 0.5) is 0 Å². The summed E-state index contributed by atoms with van der Waals surface area (Å²) in [5.74, 6) is 0.388. The number of rotatable bonds is 8. The van der Waals surface area contributed by atoms with E-state index < -0.39 is 0 Å². The fraction of sp³-hybridized carbons (Fsp3) is 0.429. The van der Waals surface area contributed by atoms with Crippen LogP contribution in [0.2, 0.25) is 0 Å². The van der Waals surface area contributed by atoms with Gasteiger partial charge in [0.25, 0.3) is 0 Å². The third kappa shape index (κ3) is 4.48. The summed E-state index contributed by atoms with van der Waals surface area (Å²) in [4.78, 5) is 31.0. The molecule has 0 aliphatic carbocycles. The smallest absolute Gasteiger partial charge is 0.164 e. The highest BCUT2D eigenvalue weighted by Crippen LogP contribution is 2.29. The van der Waals surface area contributed by atoms with Crippen LogP contribution in [0.3, 0.4) is 0 Å². The van der Waals surface area contributed by atoms with Crippen molar-refractivity contribution in [3.63, 3.8) is 0 Å². The normalized spacial score (nSPS) is 17.5. The van der Waals surface area contributed by atoms with Crippen molar-refractivity contribution in [2.24, 2.45) is 0 Å². The maximum absolute atomic E-state index is 13.1. The van der Waals surface area contributed by atoms with E-state index in [2.05, 4.69) is 34.1 Å². The van der Waals surface area contributed by atoms with E-state index in [1.54, 1.807) is 0 Å². The second-order valence-corrected chi connectivity index (χ2v) is 9.35. The van der Waals surface area contributed by atoms with E-state index in [1.807, 2.05) is 24.3 Å². The van der Waals surface area contributed by atoms with Crippen LogP contribution >= 0.6 is 0 Å². The number of Topliss-reactive ketones (excluding diaryl/α,β-unsaturated/α-hetero) is 2. The van der Waals surface area contributed by atoms with Crippen molar-refractivity contribution in [1.29, 1.82) is 0 Å². The highest BCUT2D eigenvalue weighted by molar-refractivity contribution is 6.15. The van der Waals surface area contributed by atoms with Crippen LogP contribution < -0.4 is 0 Å². The van der Waals surface area contributed by atoms with Crippen molar-refractivity contribution in [2.45, 2.75) is 38.5 Å². The standard InChI is InChI=1S/C28H32N2O2/c31-27(11-17-29-13-1-2-14-29)23-9-5-7-21-19-22-8-6-10-24(26(22)20-25(21)23)28(32)12-18-30-15-3-4-16-30/h5-10,19-20H,1-4,11-18H2. The minimum Gasteiger partial charge on any atom is -0.303 e. The van der Waals surface area contributed by atoms with Crippen molar-refractivity contribution in [1.82, 2.24) is 9.80 Å². The molecule has 0 aromatic heterocycles. The summed E-state index contributed by atoms with van der Waals surface area (Å²) in [6, 6.07) is 16.2. The fourth-order valence-electron chi connectivity index (χ4n) is 5.34. The molecule has 0 spiro atoms. The number of likely N-dealkylation sites (tertiary alicyclic amines) is 2. The number of hydrogen-bond donors (Lipinski definition) is 0. The molecule has 2 aliphatic heterocycles. The topological polar surface area (TPSA) is 40.6 Å². The fourth-order valence-corrected chi connectivity index (χ4v) is 5.34. The van der Waals surface area contributed by atoms with Gasteiger partial charge in [-0.2, -0.15) is 0 Å². The van der Waals surface area contributed by atoms with Crippen molar-refractivity contribution >= 4 is 33.1 Å². The summed E-state index contributed by atoms with van der Waals surface area (Å²) >= 11 is 0. The Labute approximate surface area is 190 Å². The van der Waals surface area contributed by atoms with Crippen LogP contribution in [0.25, 0.3) is 21.5 Å². The molecule has 2 saturated heterocycles. The van der Waals surface area contributed by atoms with Gasteiger partial charge < -0.3 is 9.80 Å². The first-order valence-electron chi connectivity index (χ1n) is 12.2. The van der Waals surface area contributed by atoms with Gasteiger partial charge in [0.05, 0.1) is 0 Å². The molecular weight excluding hydrogens is 396 g/mol. The van der Waals surface area contributed by atoms with Gasteiger partial charge in [0.1, 0.15) is 0 Å². The first-order valence-corrected chi connectivity index (χ1v) is 12.2. The number of nitrogens with zero attached hydrogens (tertiary/aromatic N) is 2. The number of fused-ring (bicyclic) bond motifs is 2. The first kappa shape index (κ1) is 21.3. The SMILES string of the molecule is O=C(CCN1CCCC1)c1cccc2cc3cccc(C(=O)CCN4CCCC4)c3cc12.